The van der Waals surface area contributed by atoms with E-state index < -0.39 is 0 Å². The fraction of sp³-hybridized carbons (Fsp3) is 1.00. The van der Waals surface area contributed by atoms with Crippen LogP contribution in [0.5, 0.6) is 0 Å². The molecule has 0 aliphatic carbocycles. The molecule has 2 unspecified atom stereocenters. The highest BCUT2D eigenvalue weighted by Crippen LogP contribution is 2.26. The predicted octanol–water partition coefficient (Wildman–Crippen LogP) is 3.40. The van der Waals surface area contributed by atoms with Gasteiger partial charge in [-0.15, -0.1) is 0 Å². The summed E-state index contributed by atoms with van der Waals surface area (Å²) < 4.78 is 0. The van der Waals surface area contributed by atoms with Gasteiger partial charge in [-0.2, -0.15) is 11.8 Å². The molecule has 0 rings (SSSR count). The molecule has 1 N–H and O–H groups in total. The number of rotatable bonds is 5. The molecule has 1 nitrogen and oxygen atoms in total. The lowest BCUT2D eigenvalue weighted by Crippen LogP contribution is -2.40. The third-order valence-corrected chi connectivity index (χ3v) is 4.45. The van der Waals surface area contributed by atoms with Crippen molar-refractivity contribution in [3.05, 3.63) is 0 Å². The van der Waals surface area contributed by atoms with E-state index in [-0.39, 0.29) is 0 Å². The zero-order valence-corrected chi connectivity index (χ0v) is 11.7. The highest BCUT2D eigenvalue weighted by molar-refractivity contribution is 7.99. The summed E-state index contributed by atoms with van der Waals surface area (Å²) in [5.74, 6) is 1.98. The van der Waals surface area contributed by atoms with Gasteiger partial charge in [0, 0.05) is 17.0 Å². The van der Waals surface area contributed by atoms with Crippen molar-refractivity contribution in [3.63, 3.8) is 0 Å². The lowest BCUT2D eigenvalue weighted by Gasteiger charge is -2.31. The minimum Gasteiger partial charge on any atom is -0.316 e. The molecule has 0 aromatic heterocycles. The highest BCUT2D eigenvalue weighted by Gasteiger charge is 2.23. The Morgan fingerprint density at radius 2 is 1.64 bits per heavy atom. The van der Waals surface area contributed by atoms with Crippen LogP contribution in [0.2, 0.25) is 0 Å². The van der Waals surface area contributed by atoms with Crippen LogP contribution in [0.1, 0.15) is 41.5 Å². The second-order valence-corrected chi connectivity index (χ2v) is 6.90. The van der Waals surface area contributed by atoms with Crippen LogP contribution in [0.3, 0.4) is 0 Å². The van der Waals surface area contributed by atoms with Gasteiger partial charge in [-0.05, 0) is 18.4 Å². The van der Waals surface area contributed by atoms with Crippen LogP contribution in [0.25, 0.3) is 0 Å². The van der Waals surface area contributed by atoms with Gasteiger partial charge in [0.1, 0.15) is 0 Å². The van der Waals surface area contributed by atoms with Gasteiger partial charge in [0.05, 0.1) is 0 Å². The maximum absolute atomic E-state index is 3.42. The molecule has 0 aromatic rings. The van der Waals surface area contributed by atoms with Gasteiger partial charge in [0.2, 0.25) is 0 Å². The summed E-state index contributed by atoms with van der Waals surface area (Å²) in [6, 6.07) is 0.605. The third kappa shape index (κ3) is 5.26. The number of hydrogen-bond acceptors (Lipinski definition) is 2. The maximum Gasteiger partial charge on any atom is 0.0203 e. The lowest BCUT2D eigenvalue weighted by molar-refractivity contribution is 0.305. The van der Waals surface area contributed by atoms with Crippen LogP contribution in [0.4, 0.5) is 0 Å². The van der Waals surface area contributed by atoms with Crippen molar-refractivity contribution in [3.8, 4) is 0 Å². The summed E-state index contributed by atoms with van der Waals surface area (Å²) in [5, 5.41) is 4.17. The maximum atomic E-state index is 3.42. The average Bonchev–Trinajstić information content (AvgIpc) is 2.02. The molecule has 0 aromatic carbocycles. The van der Waals surface area contributed by atoms with Crippen molar-refractivity contribution in [2.75, 3.05) is 12.8 Å². The van der Waals surface area contributed by atoms with Crippen LogP contribution in [0.15, 0.2) is 0 Å². The topological polar surface area (TPSA) is 12.0 Å². The SMILES string of the molecule is CNC(CSC(C)C(C)C)C(C)(C)C. The first-order chi connectivity index (χ1) is 6.29. The first-order valence-electron chi connectivity index (χ1n) is 5.58. The monoisotopic (exact) mass is 217 g/mol. The van der Waals surface area contributed by atoms with Gasteiger partial charge in [-0.3, -0.25) is 0 Å². The third-order valence-electron chi connectivity index (χ3n) is 2.86. The Bertz CT molecular complexity index is 149. The van der Waals surface area contributed by atoms with Crippen LogP contribution >= 0.6 is 11.8 Å². The number of nitrogens with one attached hydrogen (secondary N) is 1. The number of thioether (sulfide) groups is 1. The van der Waals surface area contributed by atoms with E-state index in [2.05, 4.69) is 65.7 Å². The van der Waals surface area contributed by atoms with Gasteiger partial charge < -0.3 is 5.32 Å². The van der Waals surface area contributed by atoms with E-state index in [0.29, 0.717) is 11.5 Å². The molecule has 0 radical (unpaired) electrons. The molecule has 0 spiro atoms. The second-order valence-electron chi connectivity index (χ2n) is 5.49. The molecular weight excluding hydrogens is 190 g/mol. The molecule has 0 aliphatic rings. The molecular formula is C12H27NS. The zero-order valence-electron chi connectivity index (χ0n) is 10.8. The van der Waals surface area contributed by atoms with Crippen molar-refractivity contribution in [1.29, 1.82) is 0 Å². The number of hydrogen-bond donors (Lipinski definition) is 1. The molecule has 0 bridgehead atoms. The molecule has 0 aliphatic heterocycles. The van der Waals surface area contributed by atoms with E-state index >= 15 is 0 Å². The Kier molecular flexibility index (Phi) is 6.15. The van der Waals surface area contributed by atoms with Crippen LogP contribution in [-0.2, 0) is 0 Å². The van der Waals surface area contributed by atoms with Crippen molar-refractivity contribution < 1.29 is 0 Å². The van der Waals surface area contributed by atoms with E-state index in [0.717, 1.165) is 11.2 Å². The Balaban J connectivity index is 3.97. The molecule has 0 saturated carbocycles. The van der Waals surface area contributed by atoms with Gasteiger partial charge in [-0.1, -0.05) is 41.5 Å². The Morgan fingerprint density at radius 1 is 1.14 bits per heavy atom. The molecule has 2 atom stereocenters. The highest BCUT2D eigenvalue weighted by atomic mass is 32.2. The largest absolute Gasteiger partial charge is 0.316 e. The summed E-state index contributed by atoms with van der Waals surface area (Å²) in [7, 11) is 2.07. The van der Waals surface area contributed by atoms with Crippen molar-refractivity contribution in [1.82, 2.24) is 5.32 Å². The predicted molar refractivity (Wildman–Crippen MR) is 69.1 cm³/mol. The molecule has 2 heteroatoms. The molecule has 0 heterocycles. The lowest BCUT2D eigenvalue weighted by atomic mass is 9.88. The van der Waals surface area contributed by atoms with Crippen molar-refractivity contribution in [2.24, 2.45) is 11.3 Å². The minimum absolute atomic E-state index is 0.360. The molecule has 86 valence electrons. The van der Waals surface area contributed by atoms with Crippen molar-refractivity contribution in [2.45, 2.75) is 52.8 Å². The molecule has 0 saturated heterocycles. The first kappa shape index (κ1) is 14.3. The summed E-state index contributed by atoms with van der Waals surface area (Å²) in [5.41, 5.74) is 0.360. The normalized spacial score (nSPS) is 17.1. The van der Waals surface area contributed by atoms with E-state index in [1.165, 1.54) is 5.75 Å². The fourth-order valence-electron chi connectivity index (χ4n) is 1.21. The van der Waals surface area contributed by atoms with E-state index in [1.807, 2.05) is 0 Å². The quantitative estimate of drug-likeness (QED) is 0.757. The standard InChI is InChI=1S/C12H27NS/c1-9(2)10(3)14-8-11(13-7)12(4,5)6/h9-11,13H,8H2,1-7H3. The minimum atomic E-state index is 0.360. The molecule has 14 heavy (non-hydrogen) atoms. The Labute approximate surface area is 94.4 Å². The van der Waals surface area contributed by atoms with Gasteiger partial charge in [0.25, 0.3) is 0 Å². The Morgan fingerprint density at radius 3 is 1.93 bits per heavy atom. The van der Waals surface area contributed by atoms with Gasteiger partial charge in [-0.25, -0.2) is 0 Å². The van der Waals surface area contributed by atoms with Gasteiger partial charge >= 0.3 is 0 Å². The van der Waals surface area contributed by atoms with Gasteiger partial charge in [0.15, 0.2) is 0 Å². The first-order valence-corrected chi connectivity index (χ1v) is 6.62. The fourth-order valence-corrected chi connectivity index (χ4v) is 2.75. The smallest absolute Gasteiger partial charge is 0.0203 e. The Hall–Kier alpha value is 0.310. The van der Waals surface area contributed by atoms with Crippen LogP contribution in [-0.4, -0.2) is 24.1 Å². The summed E-state index contributed by atoms with van der Waals surface area (Å²) in [6.45, 7) is 13.8. The summed E-state index contributed by atoms with van der Waals surface area (Å²) >= 11 is 2.08. The zero-order chi connectivity index (χ0) is 11.4. The summed E-state index contributed by atoms with van der Waals surface area (Å²) in [4.78, 5) is 0. The second kappa shape index (κ2) is 6.02. The van der Waals surface area contributed by atoms with E-state index in [1.54, 1.807) is 0 Å². The van der Waals surface area contributed by atoms with E-state index in [9.17, 15) is 0 Å². The van der Waals surface area contributed by atoms with Crippen LogP contribution in [0, 0.1) is 11.3 Å². The molecule has 0 amide bonds. The summed E-state index contributed by atoms with van der Waals surface area (Å²) in [6.07, 6.45) is 0. The average molecular weight is 217 g/mol. The van der Waals surface area contributed by atoms with Crippen molar-refractivity contribution >= 4 is 11.8 Å². The van der Waals surface area contributed by atoms with E-state index in [4.69, 9.17) is 0 Å². The molecule has 0 fully saturated rings. The van der Waals surface area contributed by atoms with Crippen LogP contribution < -0.4 is 5.32 Å².